The minimum atomic E-state index is 0.349. The maximum Gasteiger partial charge on any atom is 0.0278 e. The van der Waals surface area contributed by atoms with Crippen LogP contribution in [0.3, 0.4) is 0 Å². The zero-order valence-corrected chi connectivity index (χ0v) is 9.56. The highest BCUT2D eigenvalue weighted by Crippen LogP contribution is 2.18. The average Bonchev–Trinajstić information content (AvgIpc) is 2.12. The Morgan fingerprint density at radius 1 is 1.46 bits per heavy atom. The van der Waals surface area contributed by atoms with Gasteiger partial charge in [-0.3, -0.25) is 4.90 Å². The van der Waals surface area contributed by atoms with Gasteiger partial charge in [-0.05, 0) is 33.2 Å². The van der Waals surface area contributed by atoms with Gasteiger partial charge in [0.25, 0.3) is 0 Å². The number of piperazine rings is 1. The third kappa shape index (κ3) is 2.68. The molecular weight excluding hydrogens is 160 g/mol. The quantitative estimate of drug-likeness (QED) is 0.720. The van der Waals surface area contributed by atoms with E-state index in [2.05, 4.69) is 37.9 Å². The molecule has 0 amide bonds. The van der Waals surface area contributed by atoms with Crippen molar-refractivity contribution in [2.24, 2.45) is 0 Å². The highest BCUT2D eigenvalue weighted by atomic mass is 15.2. The van der Waals surface area contributed by atoms with E-state index in [-0.39, 0.29) is 0 Å². The van der Waals surface area contributed by atoms with Crippen molar-refractivity contribution in [1.82, 2.24) is 10.2 Å². The molecule has 1 aliphatic rings. The maximum absolute atomic E-state index is 3.64. The molecule has 0 bridgehead atoms. The molecule has 1 rings (SSSR count). The molecule has 0 saturated carbocycles. The van der Waals surface area contributed by atoms with Crippen molar-refractivity contribution >= 4 is 0 Å². The lowest BCUT2D eigenvalue weighted by Gasteiger charge is -2.45. The molecular formula is C11H24N2. The largest absolute Gasteiger partial charge is 0.309 e. The fraction of sp³-hybridized carbons (Fsp3) is 1.00. The van der Waals surface area contributed by atoms with Crippen LogP contribution in [0.25, 0.3) is 0 Å². The summed E-state index contributed by atoms with van der Waals surface area (Å²) in [6.45, 7) is 12.8. The first-order valence-electron chi connectivity index (χ1n) is 5.60. The second-order valence-electron chi connectivity index (χ2n) is 4.61. The van der Waals surface area contributed by atoms with E-state index in [1.165, 1.54) is 25.9 Å². The van der Waals surface area contributed by atoms with Crippen LogP contribution in [0.2, 0.25) is 0 Å². The summed E-state index contributed by atoms with van der Waals surface area (Å²) in [5, 5.41) is 3.64. The Balaban J connectivity index is 2.52. The molecule has 2 unspecified atom stereocenters. The van der Waals surface area contributed by atoms with Crippen LogP contribution in [0.5, 0.6) is 0 Å². The number of rotatable bonds is 3. The molecule has 1 aliphatic heterocycles. The Kier molecular flexibility index (Phi) is 3.74. The summed E-state index contributed by atoms with van der Waals surface area (Å²) in [6.07, 6.45) is 2.49. The topological polar surface area (TPSA) is 15.3 Å². The number of nitrogens with zero attached hydrogens (tertiary/aromatic N) is 1. The van der Waals surface area contributed by atoms with Gasteiger partial charge in [0, 0.05) is 24.7 Å². The maximum atomic E-state index is 3.64. The van der Waals surface area contributed by atoms with Gasteiger partial charge < -0.3 is 5.32 Å². The lowest BCUT2D eigenvalue weighted by atomic mass is 9.94. The Morgan fingerprint density at radius 2 is 2.15 bits per heavy atom. The summed E-state index contributed by atoms with van der Waals surface area (Å²) in [5.74, 6) is 0. The van der Waals surface area contributed by atoms with Crippen molar-refractivity contribution in [3.63, 3.8) is 0 Å². The molecule has 0 aromatic carbocycles. The molecule has 1 saturated heterocycles. The Morgan fingerprint density at radius 3 is 2.69 bits per heavy atom. The van der Waals surface area contributed by atoms with Crippen LogP contribution in [0.15, 0.2) is 0 Å². The molecule has 1 heterocycles. The van der Waals surface area contributed by atoms with Crippen molar-refractivity contribution in [3.05, 3.63) is 0 Å². The monoisotopic (exact) mass is 184 g/mol. The van der Waals surface area contributed by atoms with Crippen LogP contribution in [-0.2, 0) is 0 Å². The minimum Gasteiger partial charge on any atom is -0.309 e. The van der Waals surface area contributed by atoms with Crippen molar-refractivity contribution in [1.29, 1.82) is 0 Å². The normalized spacial score (nSPS) is 36.5. The summed E-state index contributed by atoms with van der Waals surface area (Å²) in [7, 11) is 0. The van der Waals surface area contributed by atoms with Gasteiger partial charge in [-0.2, -0.15) is 0 Å². The summed E-state index contributed by atoms with van der Waals surface area (Å²) in [6, 6.07) is 0.708. The van der Waals surface area contributed by atoms with E-state index in [0.29, 0.717) is 11.6 Å². The van der Waals surface area contributed by atoms with Gasteiger partial charge in [0.15, 0.2) is 0 Å². The van der Waals surface area contributed by atoms with Crippen LogP contribution < -0.4 is 5.32 Å². The minimum absolute atomic E-state index is 0.349. The smallest absolute Gasteiger partial charge is 0.0278 e. The van der Waals surface area contributed by atoms with E-state index in [4.69, 9.17) is 0 Å². The van der Waals surface area contributed by atoms with Crippen molar-refractivity contribution in [2.45, 2.75) is 52.1 Å². The van der Waals surface area contributed by atoms with Crippen molar-refractivity contribution in [3.8, 4) is 0 Å². The zero-order valence-electron chi connectivity index (χ0n) is 9.56. The molecule has 0 aromatic heterocycles. The Hall–Kier alpha value is -0.0800. The third-order valence-corrected chi connectivity index (χ3v) is 3.29. The summed E-state index contributed by atoms with van der Waals surface area (Å²) >= 11 is 0. The summed E-state index contributed by atoms with van der Waals surface area (Å²) in [4.78, 5) is 2.61. The van der Waals surface area contributed by atoms with E-state index in [1.54, 1.807) is 0 Å². The van der Waals surface area contributed by atoms with Crippen molar-refractivity contribution < 1.29 is 0 Å². The van der Waals surface area contributed by atoms with E-state index < -0.39 is 0 Å². The first-order valence-corrected chi connectivity index (χ1v) is 5.60. The standard InChI is InChI=1S/C11H24N2/c1-5-7-13-9-11(4,6-2)12-8-10(13)3/h10,12H,5-9H2,1-4H3. The van der Waals surface area contributed by atoms with Gasteiger partial charge in [-0.25, -0.2) is 0 Å². The van der Waals surface area contributed by atoms with Crippen LogP contribution in [0.1, 0.15) is 40.5 Å². The third-order valence-electron chi connectivity index (χ3n) is 3.29. The predicted octanol–water partition coefficient (Wildman–Crippen LogP) is 1.86. The highest BCUT2D eigenvalue weighted by molar-refractivity contribution is 4.92. The number of nitrogens with one attached hydrogen (secondary N) is 1. The van der Waals surface area contributed by atoms with Gasteiger partial charge in [0.05, 0.1) is 0 Å². The molecule has 2 atom stereocenters. The molecule has 0 aromatic rings. The lowest BCUT2D eigenvalue weighted by molar-refractivity contribution is 0.0934. The van der Waals surface area contributed by atoms with Crippen LogP contribution in [0, 0.1) is 0 Å². The van der Waals surface area contributed by atoms with Gasteiger partial charge in [0.2, 0.25) is 0 Å². The average molecular weight is 184 g/mol. The second kappa shape index (κ2) is 4.43. The van der Waals surface area contributed by atoms with E-state index >= 15 is 0 Å². The molecule has 78 valence electrons. The molecule has 2 nitrogen and oxygen atoms in total. The van der Waals surface area contributed by atoms with Crippen LogP contribution >= 0.6 is 0 Å². The number of hydrogen-bond donors (Lipinski definition) is 1. The molecule has 13 heavy (non-hydrogen) atoms. The van der Waals surface area contributed by atoms with Crippen molar-refractivity contribution in [2.75, 3.05) is 19.6 Å². The molecule has 0 radical (unpaired) electrons. The summed E-state index contributed by atoms with van der Waals surface area (Å²) in [5.41, 5.74) is 0.349. The Bertz CT molecular complexity index is 158. The van der Waals surface area contributed by atoms with E-state index in [9.17, 15) is 0 Å². The van der Waals surface area contributed by atoms with Gasteiger partial charge in [-0.15, -0.1) is 0 Å². The Labute approximate surface area is 82.7 Å². The van der Waals surface area contributed by atoms with Crippen LogP contribution in [-0.4, -0.2) is 36.1 Å². The lowest BCUT2D eigenvalue weighted by Crippen LogP contribution is -2.61. The molecule has 0 spiro atoms. The summed E-state index contributed by atoms with van der Waals surface area (Å²) < 4.78 is 0. The first-order chi connectivity index (χ1) is 6.11. The zero-order chi connectivity index (χ0) is 9.90. The van der Waals surface area contributed by atoms with Gasteiger partial charge >= 0.3 is 0 Å². The molecule has 1 N–H and O–H groups in total. The predicted molar refractivity (Wildman–Crippen MR) is 58.0 cm³/mol. The highest BCUT2D eigenvalue weighted by Gasteiger charge is 2.31. The van der Waals surface area contributed by atoms with Crippen LogP contribution in [0.4, 0.5) is 0 Å². The number of hydrogen-bond acceptors (Lipinski definition) is 2. The van der Waals surface area contributed by atoms with Gasteiger partial charge in [0.1, 0.15) is 0 Å². The van der Waals surface area contributed by atoms with E-state index in [1.807, 2.05) is 0 Å². The van der Waals surface area contributed by atoms with E-state index in [0.717, 1.165) is 6.54 Å². The fourth-order valence-electron chi connectivity index (χ4n) is 2.01. The molecule has 0 aliphatic carbocycles. The molecule has 1 fully saturated rings. The second-order valence-corrected chi connectivity index (χ2v) is 4.61. The molecule has 2 heteroatoms. The fourth-order valence-corrected chi connectivity index (χ4v) is 2.01. The van der Waals surface area contributed by atoms with Gasteiger partial charge in [-0.1, -0.05) is 13.8 Å². The SMILES string of the molecule is CCCN1CC(C)(CC)NCC1C. The first kappa shape index (κ1) is 11.0.